The van der Waals surface area contributed by atoms with Crippen LogP contribution >= 0.6 is 28.3 Å². The van der Waals surface area contributed by atoms with Gasteiger partial charge in [0, 0.05) is 39.8 Å². The fourth-order valence-corrected chi connectivity index (χ4v) is 2.64. The number of aryl methyl sites for hydroxylation is 1. The van der Waals surface area contributed by atoms with E-state index in [-0.39, 0.29) is 18.3 Å². The van der Waals surface area contributed by atoms with Gasteiger partial charge in [0.25, 0.3) is 0 Å². The van der Waals surface area contributed by atoms with Crippen LogP contribution in [0, 0.1) is 0 Å². The number of carbonyl (C=O) groups is 1. The first-order valence-corrected chi connectivity index (χ1v) is 7.20. The Kier molecular flexibility index (Phi) is 6.94. The number of carbonyl (C=O) groups excluding carboxylic acids is 1. The summed E-state index contributed by atoms with van der Waals surface area (Å²) >= 11 is 3.47. The van der Waals surface area contributed by atoms with Gasteiger partial charge in [-0.25, -0.2) is 0 Å². The summed E-state index contributed by atoms with van der Waals surface area (Å²) in [5.41, 5.74) is 1.08. The summed E-state index contributed by atoms with van der Waals surface area (Å²) in [7, 11) is 3.87. The second-order valence-electron chi connectivity index (χ2n) is 4.87. The maximum atomic E-state index is 12.1. The Morgan fingerprint density at radius 3 is 2.70 bits per heavy atom. The molecule has 1 fully saturated rings. The predicted molar refractivity (Wildman–Crippen MR) is 83.9 cm³/mol. The van der Waals surface area contributed by atoms with Crippen molar-refractivity contribution in [1.82, 2.24) is 24.9 Å². The lowest BCUT2D eigenvalue weighted by molar-refractivity contribution is -0.132. The van der Waals surface area contributed by atoms with Gasteiger partial charge in [-0.2, -0.15) is 5.10 Å². The van der Waals surface area contributed by atoms with Crippen LogP contribution in [0.3, 0.4) is 0 Å². The van der Waals surface area contributed by atoms with Crippen LogP contribution in [0.25, 0.3) is 0 Å². The van der Waals surface area contributed by atoms with E-state index in [9.17, 15) is 4.79 Å². The molecule has 0 unspecified atom stereocenters. The number of nitrogens with one attached hydrogen (secondary N) is 1. The molecule has 1 aliphatic rings. The summed E-state index contributed by atoms with van der Waals surface area (Å²) in [4.78, 5) is 16.1. The average Bonchev–Trinajstić information content (AvgIpc) is 2.71. The van der Waals surface area contributed by atoms with Crippen LogP contribution in [0.15, 0.2) is 10.7 Å². The van der Waals surface area contributed by atoms with E-state index in [0.717, 1.165) is 36.3 Å². The number of rotatable bonds is 4. The molecule has 0 aliphatic carbocycles. The predicted octanol–water partition coefficient (Wildman–Crippen LogP) is 0.468. The van der Waals surface area contributed by atoms with E-state index in [1.54, 1.807) is 6.20 Å². The summed E-state index contributed by atoms with van der Waals surface area (Å²) in [6.07, 6.45) is 1.78. The fraction of sp³-hybridized carbons (Fsp3) is 0.667. The van der Waals surface area contributed by atoms with Crippen LogP contribution in [-0.4, -0.2) is 65.3 Å². The van der Waals surface area contributed by atoms with Crippen LogP contribution in [0.5, 0.6) is 0 Å². The van der Waals surface area contributed by atoms with Crippen LogP contribution in [0.2, 0.25) is 0 Å². The molecule has 1 saturated heterocycles. The zero-order valence-electron chi connectivity index (χ0n) is 11.8. The first-order valence-electron chi connectivity index (χ1n) is 6.41. The van der Waals surface area contributed by atoms with Crippen molar-refractivity contribution in [2.24, 2.45) is 7.05 Å². The van der Waals surface area contributed by atoms with Crippen molar-refractivity contribution in [2.45, 2.75) is 6.54 Å². The normalized spacial score (nSPS) is 15.3. The minimum absolute atomic E-state index is 0. The molecule has 20 heavy (non-hydrogen) atoms. The Morgan fingerprint density at radius 1 is 1.50 bits per heavy atom. The Hall–Kier alpha value is -0.630. The van der Waals surface area contributed by atoms with Crippen molar-refractivity contribution in [3.63, 3.8) is 0 Å². The van der Waals surface area contributed by atoms with Gasteiger partial charge in [-0.1, -0.05) is 0 Å². The van der Waals surface area contributed by atoms with Crippen molar-refractivity contribution in [3.8, 4) is 0 Å². The van der Waals surface area contributed by atoms with E-state index in [1.165, 1.54) is 0 Å². The molecule has 8 heteroatoms. The second-order valence-corrected chi connectivity index (χ2v) is 5.72. The van der Waals surface area contributed by atoms with Crippen molar-refractivity contribution in [2.75, 3.05) is 39.8 Å². The Bertz CT molecular complexity index is 428. The van der Waals surface area contributed by atoms with Crippen molar-refractivity contribution in [1.29, 1.82) is 0 Å². The fourth-order valence-electron chi connectivity index (χ4n) is 2.17. The monoisotopic (exact) mass is 365 g/mol. The second kappa shape index (κ2) is 7.97. The van der Waals surface area contributed by atoms with E-state index >= 15 is 0 Å². The molecule has 0 bridgehead atoms. The quantitative estimate of drug-likeness (QED) is 0.841. The zero-order chi connectivity index (χ0) is 13.8. The lowest BCUT2D eigenvalue weighted by Gasteiger charge is -2.29. The lowest BCUT2D eigenvalue weighted by Crippen LogP contribution is -2.49. The van der Waals surface area contributed by atoms with Gasteiger partial charge in [-0.05, 0) is 23.0 Å². The number of likely N-dealkylation sites (N-methyl/N-ethyl adjacent to an activating group) is 1. The van der Waals surface area contributed by atoms with Gasteiger partial charge in [0.1, 0.15) is 0 Å². The first kappa shape index (κ1) is 17.4. The van der Waals surface area contributed by atoms with Gasteiger partial charge in [0.05, 0.1) is 22.9 Å². The molecule has 1 N–H and O–H groups in total. The third-order valence-corrected chi connectivity index (χ3v) is 3.97. The molecule has 1 aromatic rings. The number of piperazine rings is 1. The highest BCUT2D eigenvalue weighted by atomic mass is 79.9. The van der Waals surface area contributed by atoms with Crippen molar-refractivity contribution >= 4 is 34.2 Å². The van der Waals surface area contributed by atoms with Gasteiger partial charge in [0.2, 0.25) is 5.91 Å². The number of halogens is 2. The highest BCUT2D eigenvalue weighted by molar-refractivity contribution is 9.10. The summed E-state index contributed by atoms with van der Waals surface area (Å²) < 4.78 is 2.81. The van der Waals surface area contributed by atoms with E-state index in [4.69, 9.17) is 0 Å². The standard InChI is InChI=1S/C12H20BrN5O.ClH/c1-16(8-11-10(13)7-15-17(11)2)9-12(19)18-5-3-14-4-6-18;/h7,14H,3-6,8-9H2,1-2H3;1H. The van der Waals surface area contributed by atoms with Gasteiger partial charge in [0.15, 0.2) is 0 Å². The largest absolute Gasteiger partial charge is 0.339 e. The molecular formula is C12H21BrClN5O. The molecular weight excluding hydrogens is 346 g/mol. The third kappa shape index (κ3) is 4.44. The number of nitrogens with zero attached hydrogens (tertiary/aromatic N) is 4. The van der Waals surface area contributed by atoms with Crippen LogP contribution < -0.4 is 5.32 Å². The van der Waals surface area contributed by atoms with Gasteiger partial charge in [-0.3, -0.25) is 14.4 Å². The van der Waals surface area contributed by atoms with Gasteiger partial charge in [-0.15, -0.1) is 12.4 Å². The highest BCUT2D eigenvalue weighted by Gasteiger charge is 2.18. The summed E-state index contributed by atoms with van der Waals surface area (Å²) in [5.74, 6) is 0.197. The third-order valence-electron chi connectivity index (χ3n) is 3.31. The average molecular weight is 367 g/mol. The number of aromatic nitrogens is 2. The molecule has 0 aromatic carbocycles. The van der Waals surface area contributed by atoms with E-state index in [1.807, 2.05) is 28.6 Å². The van der Waals surface area contributed by atoms with E-state index in [0.29, 0.717) is 13.1 Å². The smallest absolute Gasteiger partial charge is 0.236 e. The topological polar surface area (TPSA) is 53.4 Å². The molecule has 114 valence electrons. The number of hydrogen-bond donors (Lipinski definition) is 1. The summed E-state index contributed by atoms with van der Waals surface area (Å²) in [6, 6.07) is 0. The Labute approximate surface area is 134 Å². The molecule has 2 rings (SSSR count). The van der Waals surface area contributed by atoms with Crippen molar-refractivity contribution < 1.29 is 4.79 Å². The minimum atomic E-state index is 0. The molecule has 1 aliphatic heterocycles. The van der Waals surface area contributed by atoms with E-state index < -0.39 is 0 Å². The molecule has 0 atom stereocenters. The lowest BCUT2D eigenvalue weighted by atomic mass is 10.3. The maximum Gasteiger partial charge on any atom is 0.236 e. The SMILES string of the molecule is CN(CC(=O)N1CCNCC1)Cc1c(Br)cnn1C.Cl. The number of amides is 1. The molecule has 1 amide bonds. The van der Waals surface area contributed by atoms with Gasteiger partial charge >= 0.3 is 0 Å². The molecule has 2 heterocycles. The Balaban J connectivity index is 0.00000200. The minimum Gasteiger partial charge on any atom is -0.339 e. The molecule has 0 saturated carbocycles. The summed E-state index contributed by atoms with van der Waals surface area (Å²) in [6.45, 7) is 4.54. The van der Waals surface area contributed by atoms with Crippen molar-refractivity contribution in [3.05, 3.63) is 16.4 Å². The number of hydrogen-bond acceptors (Lipinski definition) is 4. The van der Waals surface area contributed by atoms with Gasteiger partial charge < -0.3 is 10.2 Å². The Morgan fingerprint density at radius 2 is 2.15 bits per heavy atom. The highest BCUT2D eigenvalue weighted by Crippen LogP contribution is 2.16. The van der Waals surface area contributed by atoms with Crippen LogP contribution in [-0.2, 0) is 18.4 Å². The zero-order valence-corrected chi connectivity index (χ0v) is 14.2. The van der Waals surface area contributed by atoms with Crippen LogP contribution in [0.4, 0.5) is 0 Å². The van der Waals surface area contributed by atoms with E-state index in [2.05, 4.69) is 26.3 Å². The van der Waals surface area contributed by atoms with Crippen LogP contribution in [0.1, 0.15) is 5.69 Å². The molecule has 0 spiro atoms. The maximum absolute atomic E-state index is 12.1. The molecule has 1 aromatic heterocycles. The summed E-state index contributed by atoms with van der Waals surface area (Å²) in [5, 5.41) is 7.43. The molecule has 6 nitrogen and oxygen atoms in total. The first-order chi connectivity index (χ1) is 9.08. The molecule has 0 radical (unpaired) electrons.